The van der Waals surface area contributed by atoms with Crippen molar-refractivity contribution in [3.63, 3.8) is 0 Å². The molecule has 0 bridgehead atoms. The predicted molar refractivity (Wildman–Crippen MR) is 122 cm³/mol. The number of hydrogen-bond donors (Lipinski definition) is 4. The van der Waals surface area contributed by atoms with Crippen LogP contribution in [0, 0.1) is 0 Å². The van der Waals surface area contributed by atoms with Crippen molar-refractivity contribution in [2.75, 3.05) is 16.3 Å². The molecule has 1 amide bonds. The van der Waals surface area contributed by atoms with E-state index in [1.807, 2.05) is 25.1 Å². The van der Waals surface area contributed by atoms with Crippen LogP contribution in [0.5, 0.6) is 0 Å². The number of nitrogens with one attached hydrogen (secondary N) is 3. The van der Waals surface area contributed by atoms with Crippen molar-refractivity contribution in [3.8, 4) is 0 Å². The van der Waals surface area contributed by atoms with Gasteiger partial charge in [0.05, 0.1) is 29.4 Å². The van der Waals surface area contributed by atoms with E-state index in [4.69, 9.17) is 5.73 Å². The van der Waals surface area contributed by atoms with Gasteiger partial charge in [0, 0.05) is 11.6 Å². The second-order valence-corrected chi connectivity index (χ2v) is 8.48. The first-order valence-corrected chi connectivity index (χ1v) is 10.9. The van der Waals surface area contributed by atoms with Crippen LogP contribution in [0.4, 0.5) is 11.5 Å². The molecule has 11 heteroatoms. The molecule has 2 aromatic heterocycles. The molecular weight excluding hydrogens is 418 g/mol. The van der Waals surface area contributed by atoms with Crippen molar-refractivity contribution in [3.05, 3.63) is 65.8 Å². The number of sulfonamides is 1. The van der Waals surface area contributed by atoms with E-state index in [-0.39, 0.29) is 11.5 Å². The summed E-state index contributed by atoms with van der Waals surface area (Å²) in [5, 5.41) is 10.3. The molecule has 0 atom stereocenters. The number of fused-ring (bicyclic) bond motifs is 1. The van der Waals surface area contributed by atoms with Gasteiger partial charge in [-0.1, -0.05) is 6.07 Å². The Morgan fingerprint density at radius 1 is 1.29 bits per heavy atom. The molecule has 0 spiro atoms. The van der Waals surface area contributed by atoms with E-state index in [1.54, 1.807) is 6.08 Å². The molecule has 0 saturated carbocycles. The van der Waals surface area contributed by atoms with Gasteiger partial charge in [0.15, 0.2) is 5.69 Å². The maximum atomic E-state index is 12.8. The van der Waals surface area contributed by atoms with Crippen LogP contribution in [0.3, 0.4) is 0 Å². The number of anilines is 2. The summed E-state index contributed by atoms with van der Waals surface area (Å²) < 4.78 is 24.8. The summed E-state index contributed by atoms with van der Waals surface area (Å²) in [4.78, 5) is 20.4. The fourth-order valence-electron chi connectivity index (χ4n) is 2.82. The molecule has 3 rings (SSSR count). The molecule has 31 heavy (non-hydrogen) atoms. The number of aromatic nitrogens is 3. The summed E-state index contributed by atoms with van der Waals surface area (Å²) in [7, 11) is -3.43. The van der Waals surface area contributed by atoms with Gasteiger partial charge >= 0.3 is 0 Å². The molecule has 0 aliphatic heterocycles. The summed E-state index contributed by atoms with van der Waals surface area (Å²) in [5.41, 5.74) is 9.34. The lowest BCUT2D eigenvalue weighted by Crippen LogP contribution is -2.14. The molecule has 1 aromatic carbocycles. The van der Waals surface area contributed by atoms with Crippen LogP contribution in [0.15, 0.2) is 59.5 Å². The summed E-state index contributed by atoms with van der Waals surface area (Å²) in [6.07, 6.45) is 5.58. The highest BCUT2D eigenvalue weighted by Crippen LogP contribution is 2.23. The van der Waals surface area contributed by atoms with Gasteiger partial charge in [0.25, 0.3) is 5.91 Å². The van der Waals surface area contributed by atoms with Crippen molar-refractivity contribution in [2.45, 2.75) is 6.92 Å². The summed E-state index contributed by atoms with van der Waals surface area (Å²) >= 11 is 0. The zero-order valence-corrected chi connectivity index (χ0v) is 17.7. The highest BCUT2D eigenvalue weighted by Gasteiger charge is 2.15. The molecular formula is C20H21N7O3S. The Morgan fingerprint density at radius 2 is 2.06 bits per heavy atom. The zero-order chi connectivity index (χ0) is 22.6. The Kier molecular flexibility index (Phi) is 6.16. The lowest BCUT2D eigenvalue weighted by atomic mass is 10.0. The topological polar surface area (TPSA) is 155 Å². The minimum absolute atomic E-state index is 0.151. The highest BCUT2D eigenvalue weighted by atomic mass is 32.2. The number of aliphatic imine (C=N–C) groups is 1. The second-order valence-electron chi connectivity index (χ2n) is 6.73. The molecule has 0 radical (unpaired) electrons. The van der Waals surface area contributed by atoms with E-state index in [9.17, 15) is 13.2 Å². The van der Waals surface area contributed by atoms with Gasteiger partial charge in [-0.15, -0.1) is 0 Å². The van der Waals surface area contributed by atoms with Gasteiger partial charge in [-0.05, 0) is 55.1 Å². The van der Waals surface area contributed by atoms with Crippen molar-refractivity contribution in [1.82, 2.24) is 15.2 Å². The molecule has 10 nitrogen and oxygen atoms in total. The van der Waals surface area contributed by atoms with Crippen molar-refractivity contribution >= 4 is 50.6 Å². The lowest BCUT2D eigenvalue weighted by Gasteiger charge is -2.06. The van der Waals surface area contributed by atoms with Gasteiger partial charge in [0.1, 0.15) is 5.82 Å². The fraction of sp³-hybridized carbons (Fsp3) is 0.100. The Morgan fingerprint density at radius 3 is 2.71 bits per heavy atom. The smallest absolute Gasteiger partial charge is 0.276 e. The van der Waals surface area contributed by atoms with Gasteiger partial charge in [-0.2, -0.15) is 5.10 Å². The molecule has 3 aromatic rings. The van der Waals surface area contributed by atoms with Crippen molar-refractivity contribution in [2.24, 2.45) is 10.7 Å². The van der Waals surface area contributed by atoms with Gasteiger partial charge in [0.2, 0.25) is 10.0 Å². The maximum absolute atomic E-state index is 12.8. The second kappa shape index (κ2) is 8.79. The first kappa shape index (κ1) is 21.7. The zero-order valence-electron chi connectivity index (χ0n) is 16.9. The number of amides is 1. The van der Waals surface area contributed by atoms with Crippen LogP contribution in [0.25, 0.3) is 16.5 Å². The Hall–Kier alpha value is -3.99. The standard InChI is InChI=1S/C20H21N7O3S/c1-12(8-14(21)10-22-2)13-4-6-17-16(9-13)19(26-25-17)20(28)24-15-5-7-18(23-11-15)27-31(3,29)30/h4-11H,2,21H2,1,3H3,(H,23,27)(H,24,28)(H,25,26)/b12-8+,14-10+. The molecule has 0 unspecified atom stereocenters. The molecule has 2 heterocycles. The van der Waals surface area contributed by atoms with Crippen molar-refractivity contribution < 1.29 is 13.2 Å². The monoisotopic (exact) mass is 439 g/mol. The molecule has 0 aliphatic carbocycles. The first-order chi connectivity index (χ1) is 14.7. The Labute approximate surface area is 179 Å². The maximum Gasteiger partial charge on any atom is 0.276 e. The molecule has 0 saturated heterocycles. The Balaban J connectivity index is 1.84. The molecule has 5 N–H and O–H groups in total. The van der Waals surface area contributed by atoms with Gasteiger partial charge in [-0.25, -0.2) is 13.4 Å². The molecule has 0 aliphatic rings. The minimum atomic E-state index is -3.43. The number of allylic oxidation sites excluding steroid dienone is 2. The van der Waals surface area contributed by atoms with Crippen LogP contribution in [-0.2, 0) is 10.0 Å². The van der Waals surface area contributed by atoms with E-state index in [1.165, 1.54) is 24.5 Å². The number of hydrogen-bond acceptors (Lipinski definition) is 7. The lowest BCUT2D eigenvalue weighted by molar-refractivity contribution is 0.102. The SMILES string of the molecule is C=N/C=C(N)\C=C(/C)c1ccc2[nH]nc(C(=O)Nc3ccc(NS(C)(=O)=O)nc3)c2c1. The minimum Gasteiger partial charge on any atom is -0.397 e. The van der Waals surface area contributed by atoms with Crippen molar-refractivity contribution in [1.29, 1.82) is 0 Å². The largest absolute Gasteiger partial charge is 0.397 e. The summed E-state index contributed by atoms with van der Waals surface area (Å²) in [6.45, 7) is 5.26. The average Bonchev–Trinajstić information content (AvgIpc) is 3.12. The van der Waals surface area contributed by atoms with E-state index < -0.39 is 15.9 Å². The summed E-state index contributed by atoms with van der Waals surface area (Å²) in [6, 6.07) is 8.53. The number of carbonyl (C=O) groups is 1. The number of carbonyl (C=O) groups excluding carboxylic acids is 1. The third-order valence-corrected chi connectivity index (χ3v) is 4.75. The number of nitrogens with zero attached hydrogens (tertiary/aromatic N) is 3. The normalized spacial score (nSPS) is 12.6. The van der Waals surface area contributed by atoms with Crippen LogP contribution in [-0.4, -0.2) is 42.5 Å². The van der Waals surface area contributed by atoms with Crippen LogP contribution < -0.4 is 15.8 Å². The highest BCUT2D eigenvalue weighted by molar-refractivity contribution is 7.92. The summed E-state index contributed by atoms with van der Waals surface area (Å²) in [5.74, 6) is -0.288. The van der Waals surface area contributed by atoms with Crippen LogP contribution in [0.1, 0.15) is 23.0 Å². The van der Waals surface area contributed by atoms with E-state index in [2.05, 4.69) is 36.9 Å². The first-order valence-electron chi connectivity index (χ1n) is 9.00. The van der Waals surface area contributed by atoms with Gasteiger partial charge < -0.3 is 11.1 Å². The van der Waals surface area contributed by atoms with Gasteiger partial charge in [-0.3, -0.25) is 19.6 Å². The van der Waals surface area contributed by atoms with Crippen LogP contribution in [0.2, 0.25) is 0 Å². The molecule has 0 fully saturated rings. The number of pyridine rings is 1. The number of benzene rings is 1. The number of nitrogens with two attached hydrogens (primary N) is 1. The number of rotatable bonds is 7. The molecule has 160 valence electrons. The van der Waals surface area contributed by atoms with E-state index in [0.717, 1.165) is 17.4 Å². The third kappa shape index (κ3) is 5.54. The van der Waals surface area contributed by atoms with E-state index >= 15 is 0 Å². The van der Waals surface area contributed by atoms with Crippen LogP contribution >= 0.6 is 0 Å². The van der Waals surface area contributed by atoms with E-state index in [0.29, 0.717) is 22.3 Å². The average molecular weight is 440 g/mol. The third-order valence-electron chi connectivity index (χ3n) is 4.17. The number of H-pyrrole nitrogens is 1. The quantitative estimate of drug-likeness (QED) is 0.327. The fourth-order valence-corrected chi connectivity index (χ4v) is 3.32. The predicted octanol–water partition coefficient (Wildman–Crippen LogP) is 2.49. The number of aromatic amines is 1. The Bertz CT molecular complexity index is 1310.